The molecule has 27 heavy (non-hydrogen) atoms. The Hall–Kier alpha value is -1.95. The SMILES string of the molecule is COC(=O)c1c(CN(C)S(C)(=O)=O)c2ccccc2n1CN(C)S(C)(=O)=O. The average Bonchev–Trinajstić information content (AvgIpc) is 2.86. The maximum Gasteiger partial charge on any atom is 0.355 e. The van der Waals surface area contributed by atoms with Crippen molar-refractivity contribution in [3.63, 3.8) is 0 Å². The van der Waals surface area contributed by atoms with Crippen molar-refractivity contribution >= 4 is 36.9 Å². The van der Waals surface area contributed by atoms with E-state index in [1.165, 1.54) is 25.8 Å². The molecule has 2 aromatic rings. The molecule has 0 aliphatic carbocycles. The molecule has 0 bridgehead atoms. The molecular formula is C16H23N3O6S2. The summed E-state index contributed by atoms with van der Waals surface area (Å²) in [5.74, 6) is -0.676. The van der Waals surface area contributed by atoms with Gasteiger partial charge in [-0.1, -0.05) is 18.2 Å². The summed E-state index contributed by atoms with van der Waals surface area (Å²) in [6.45, 7) is -0.175. The number of sulfonamides is 2. The van der Waals surface area contributed by atoms with Gasteiger partial charge in [-0.15, -0.1) is 0 Å². The minimum Gasteiger partial charge on any atom is -0.464 e. The Morgan fingerprint density at radius 3 is 2.11 bits per heavy atom. The summed E-state index contributed by atoms with van der Waals surface area (Å²) in [7, 11) is -2.97. The zero-order valence-electron chi connectivity index (χ0n) is 15.8. The van der Waals surface area contributed by atoms with Crippen molar-refractivity contribution in [2.75, 3.05) is 33.7 Å². The number of carbonyl (C=O) groups is 1. The van der Waals surface area contributed by atoms with Gasteiger partial charge < -0.3 is 9.30 Å². The Bertz CT molecular complexity index is 996. The fourth-order valence-corrected chi connectivity index (χ4v) is 3.34. The van der Waals surface area contributed by atoms with E-state index < -0.39 is 26.0 Å². The fourth-order valence-electron chi connectivity index (χ4n) is 2.66. The Labute approximate surface area is 159 Å². The number of esters is 1. The van der Waals surface area contributed by atoms with E-state index in [1.807, 2.05) is 0 Å². The zero-order valence-corrected chi connectivity index (χ0v) is 17.5. The number of aromatic nitrogens is 1. The predicted molar refractivity (Wildman–Crippen MR) is 102 cm³/mol. The van der Waals surface area contributed by atoms with Crippen LogP contribution in [0.3, 0.4) is 0 Å². The van der Waals surface area contributed by atoms with E-state index in [0.717, 1.165) is 21.1 Å². The van der Waals surface area contributed by atoms with E-state index in [4.69, 9.17) is 4.74 Å². The van der Waals surface area contributed by atoms with E-state index in [0.29, 0.717) is 16.5 Å². The Kier molecular flexibility index (Phi) is 6.00. The van der Waals surface area contributed by atoms with Crippen LogP contribution in [0.2, 0.25) is 0 Å². The van der Waals surface area contributed by atoms with E-state index in [-0.39, 0.29) is 18.9 Å². The van der Waals surface area contributed by atoms with Crippen molar-refractivity contribution in [2.45, 2.75) is 13.2 Å². The number of para-hydroxylation sites is 1. The average molecular weight is 418 g/mol. The standard InChI is InChI=1S/C16H23N3O6S2/c1-17(26(4,21)22)10-13-12-8-6-7-9-14(12)19(15(13)16(20)25-3)11-18(2)27(5,23)24/h6-9H,10-11H2,1-5H3. The maximum atomic E-state index is 12.5. The van der Waals surface area contributed by atoms with Gasteiger partial charge in [-0.05, 0) is 6.07 Å². The van der Waals surface area contributed by atoms with Crippen molar-refractivity contribution < 1.29 is 26.4 Å². The molecule has 0 amide bonds. The molecule has 0 N–H and O–H groups in total. The van der Waals surface area contributed by atoms with Gasteiger partial charge in [-0.25, -0.2) is 25.9 Å². The Balaban J connectivity index is 2.76. The monoisotopic (exact) mass is 417 g/mol. The number of methoxy groups -OCH3 is 1. The molecule has 0 radical (unpaired) electrons. The summed E-state index contributed by atoms with van der Waals surface area (Å²) in [5.41, 5.74) is 1.17. The topological polar surface area (TPSA) is 106 Å². The first-order chi connectivity index (χ1) is 12.4. The molecule has 0 spiro atoms. The lowest BCUT2D eigenvalue weighted by Gasteiger charge is -2.19. The smallest absolute Gasteiger partial charge is 0.355 e. The van der Waals surface area contributed by atoms with Crippen LogP contribution in [0, 0.1) is 0 Å². The van der Waals surface area contributed by atoms with Gasteiger partial charge in [0.15, 0.2) is 0 Å². The molecule has 2 rings (SSSR count). The van der Waals surface area contributed by atoms with Gasteiger partial charge in [-0.2, -0.15) is 4.31 Å². The number of nitrogens with zero attached hydrogens (tertiary/aromatic N) is 3. The number of hydrogen-bond acceptors (Lipinski definition) is 6. The third kappa shape index (κ3) is 4.49. The number of benzene rings is 1. The molecule has 0 fully saturated rings. The van der Waals surface area contributed by atoms with Crippen molar-refractivity contribution in [1.29, 1.82) is 0 Å². The number of carbonyl (C=O) groups excluding carboxylic acids is 1. The summed E-state index contributed by atoms with van der Waals surface area (Å²) < 4.78 is 56.0. The number of fused-ring (bicyclic) bond motifs is 1. The van der Waals surface area contributed by atoms with Gasteiger partial charge in [0.1, 0.15) is 5.69 Å². The van der Waals surface area contributed by atoms with E-state index in [1.54, 1.807) is 24.3 Å². The number of hydrogen-bond donors (Lipinski definition) is 0. The van der Waals surface area contributed by atoms with Crippen molar-refractivity contribution in [1.82, 2.24) is 13.2 Å². The van der Waals surface area contributed by atoms with Gasteiger partial charge in [0.25, 0.3) is 0 Å². The second-order valence-electron chi connectivity index (χ2n) is 6.29. The van der Waals surface area contributed by atoms with Crippen LogP contribution < -0.4 is 0 Å². The van der Waals surface area contributed by atoms with Crippen LogP contribution >= 0.6 is 0 Å². The second kappa shape index (κ2) is 7.58. The molecule has 0 atom stereocenters. The molecule has 9 nitrogen and oxygen atoms in total. The van der Waals surface area contributed by atoms with Crippen LogP contribution in [-0.4, -0.2) is 69.7 Å². The van der Waals surface area contributed by atoms with E-state index >= 15 is 0 Å². The first kappa shape index (κ1) is 21.4. The summed E-state index contributed by atoms with van der Waals surface area (Å²) in [6, 6.07) is 7.01. The Morgan fingerprint density at radius 2 is 1.59 bits per heavy atom. The van der Waals surface area contributed by atoms with Crippen molar-refractivity contribution in [2.24, 2.45) is 0 Å². The fraction of sp³-hybridized carbons (Fsp3) is 0.438. The van der Waals surface area contributed by atoms with Crippen LogP contribution in [0.25, 0.3) is 10.9 Å². The lowest BCUT2D eigenvalue weighted by molar-refractivity contribution is 0.0585. The zero-order chi connectivity index (χ0) is 20.6. The lowest BCUT2D eigenvalue weighted by atomic mass is 10.1. The largest absolute Gasteiger partial charge is 0.464 e. The predicted octanol–water partition coefficient (Wildman–Crippen LogP) is 0.668. The lowest BCUT2D eigenvalue weighted by Crippen LogP contribution is -2.30. The minimum atomic E-state index is -3.50. The highest BCUT2D eigenvalue weighted by molar-refractivity contribution is 7.88. The van der Waals surface area contributed by atoms with Gasteiger partial charge >= 0.3 is 5.97 Å². The molecular weight excluding hydrogens is 394 g/mol. The summed E-state index contributed by atoms with van der Waals surface area (Å²) in [5, 5.41) is 0.648. The molecule has 1 aromatic heterocycles. The van der Waals surface area contributed by atoms with E-state index in [2.05, 4.69) is 0 Å². The molecule has 0 aliphatic heterocycles. The molecule has 0 aliphatic rings. The van der Waals surface area contributed by atoms with E-state index in [9.17, 15) is 21.6 Å². The third-order valence-corrected chi connectivity index (χ3v) is 6.82. The van der Waals surface area contributed by atoms with Gasteiger partial charge in [0.05, 0.1) is 31.8 Å². The number of ether oxygens (including phenoxy) is 1. The van der Waals surface area contributed by atoms with Crippen LogP contribution in [0.1, 0.15) is 16.1 Å². The molecule has 0 saturated heterocycles. The molecule has 1 heterocycles. The van der Waals surface area contributed by atoms with Crippen LogP contribution in [-0.2, 0) is 38.0 Å². The summed E-state index contributed by atoms with van der Waals surface area (Å²) in [6.07, 6.45) is 2.14. The summed E-state index contributed by atoms with van der Waals surface area (Å²) in [4.78, 5) is 12.5. The molecule has 11 heteroatoms. The molecule has 0 saturated carbocycles. The normalized spacial score (nSPS) is 12.9. The maximum absolute atomic E-state index is 12.5. The van der Waals surface area contributed by atoms with Gasteiger partial charge in [-0.3, -0.25) is 0 Å². The van der Waals surface area contributed by atoms with Gasteiger partial charge in [0, 0.05) is 31.6 Å². The van der Waals surface area contributed by atoms with Crippen LogP contribution in [0.5, 0.6) is 0 Å². The third-order valence-electron chi connectivity index (χ3n) is 4.31. The Morgan fingerprint density at radius 1 is 1.04 bits per heavy atom. The highest BCUT2D eigenvalue weighted by atomic mass is 32.2. The summed E-state index contributed by atoms with van der Waals surface area (Å²) >= 11 is 0. The van der Waals surface area contributed by atoms with Crippen LogP contribution in [0.15, 0.2) is 24.3 Å². The highest BCUT2D eigenvalue weighted by Gasteiger charge is 2.27. The molecule has 0 unspecified atom stereocenters. The first-order valence-corrected chi connectivity index (χ1v) is 11.6. The first-order valence-electron chi connectivity index (χ1n) is 7.89. The highest BCUT2D eigenvalue weighted by Crippen LogP contribution is 2.29. The molecule has 150 valence electrons. The minimum absolute atomic E-state index is 0.0562. The quantitative estimate of drug-likeness (QED) is 0.613. The van der Waals surface area contributed by atoms with Crippen LogP contribution in [0.4, 0.5) is 0 Å². The molecule has 1 aromatic carbocycles. The second-order valence-corrected chi connectivity index (χ2v) is 10.5. The van der Waals surface area contributed by atoms with Crippen molar-refractivity contribution in [3.05, 3.63) is 35.5 Å². The van der Waals surface area contributed by atoms with Crippen molar-refractivity contribution in [3.8, 4) is 0 Å². The number of rotatable bonds is 7. The van der Waals surface area contributed by atoms with Gasteiger partial charge in [0.2, 0.25) is 20.0 Å².